The van der Waals surface area contributed by atoms with Crippen molar-refractivity contribution in [2.45, 2.75) is 25.3 Å². The third-order valence-corrected chi connectivity index (χ3v) is 7.48. The molecule has 2 aliphatic rings. The summed E-state index contributed by atoms with van der Waals surface area (Å²) in [6.07, 6.45) is 2.96. The van der Waals surface area contributed by atoms with Gasteiger partial charge in [0.2, 0.25) is 11.8 Å². The Labute approximate surface area is 270 Å². The predicted octanol–water partition coefficient (Wildman–Crippen LogP) is -3.76. The minimum absolute atomic E-state index is 0.0280. The molecule has 0 bridgehead atoms. The van der Waals surface area contributed by atoms with Crippen molar-refractivity contribution in [1.82, 2.24) is 35.1 Å². The van der Waals surface area contributed by atoms with E-state index in [-0.39, 0.29) is 91.5 Å². The largest absolute Gasteiger partial charge is 0.480 e. The molecule has 6 N–H and O–H groups in total. The van der Waals surface area contributed by atoms with Crippen LogP contribution in [0.4, 0.5) is 0 Å². The number of hydrogen-bond acceptors (Lipinski definition) is 12. The molecular formula is C28H43N7O12. The molecule has 19 nitrogen and oxygen atoms in total. The highest BCUT2D eigenvalue weighted by Gasteiger charge is 2.25. The second kappa shape index (κ2) is 19.9. The summed E-state index contributed by atoms with van der Waals surface area (Å²) in [5.74, 6) is -6.74. The van der Waals surface area contributed by atoms with Gasteiger partial charge in [-0.25, -0.2) is 4.79 Å². The molecule has 1 atom stereocenters. The van der Waals surface area contributed by atoms with Gasteiger partial charge in [0.1, 0.15) is 6.04 Å². The predicted molar refractivity (Wildman–Crippen MR) is 161 cm³/mol. The van der Waals surface area contributed by atoms with Crippen molar-refractivity contribution in [2.24, 2.45) is 0 Å². The molecular weight excluding hydrogens is 626 g/mol. The number of aliphatic carboxylic acids is 4. The van der Waals surface area contributed by atoms with Crippen LogP contribution >= 0.6 is 0 Å². The summed E-state index contributed by atoms with van der Waals surface area (Å²) in [6.45, 7) is 0.157. The van der Waals surface area contributed by atoms with Crippen molar-refractivity contribution in [1.29, 1.82) is 0 Å². The number of carboxylic acids is 4. The number of rotatable bonds is 17. The van der Waals surface area contributed by atoms with Crippen LogP contribution in [-0.4, -0.2) is 190 Å². The Morgan fingerprint density at radius 1 is 0.617 bits per heavy atom. The van der Waals surface area contributed by atoms with E-state index in [1.807, 2.05) is 0 Å². The van der Waals surface area contributed by atoms with Gasteiger partial charge in [-0.3, -0.25) is 58.1 Å². The molecule has 2 rings (SSSR count). The summed E-state index contributed by atoms with van der Waals surface area (Å²) in [5.41, 5.74) is 0. The van der Waals surface area contributed by atoms with Crippen molar-refractivity contribution in [3.05, 3.63) is 12.2 Å². The van der Waals surface area contributed by atoms with Gasteiger partial charge in [-0.1, -0.05) is 0 Å². The topological polar surface area (TPSA) is 258 Å². The standard InChI is InChI=1S/C28H43N7O12/c36-21(30-20(28(46)47)3-1-2-6-35-23(38)4-5-24(35)39)15-29-22(37)16-31-7-9-32(17-25(40)41)11-13-34(19-27(44)45)14-12-33(10-8-31)18-26(42)43/h4-5,20H,1-3,6-19H2,(H,29,37)(H,30,36)(H,40,41)(H,42,43)(H,44,45)(H,46,47)/t20-/m0/s1. The molecule has 0 saturated carbocycles. The number of nitrogens with zero attached hydrogens (tertiary/aromatic N) is 5. The van der Waals surface area contributed by atoms with Gasteiger partial charge in [0.05, 0.1) is 32.7 Å². The van der Waals surface area contributed by atoms with Crippen LogP contribution < -0.4 is 10.6 Å². The maximum atomic E-state index is 12.8. The normalized spacial score (nSPS) is 18.3. The molecule has 4 amide bonds. The van der Waals surface area contributed by atoms with Crippen molar-refractivity contribution < 1.29 is 58.8 Å². The second-order valence-electron chi connectivity index (χ2n) is 11.2. The average molecular weight is 670 g/mol. The van der Waals surface area contributed by atoms with E-state index < -0.39 is 60.1 Å². The number of hydrogen-bond donors (Lipinski definition) is 6. The molecule has 0 unspecified atom stereocenters. The zero-order chi connectivity index (χ0) is 34.9. The van der Waals surface area contributed by atoms with E-state index in [2.05, 4.69) is 10.6 Å². The molecule has 0 radical (unpaired) electrons. The molecule has 47 heavy (non-hydrogen) atoms. The Bertz CT molecular complexity index is 1150. The third kappa shape index (κ3) is 15.6. The van der Waals surface area contributed by atoms with Crippen LogP contribution in [0.1, 0.15) is 19.3 Å². The maximum Gasteiger partial charge on any atom is 0.326 e. The molecule has 0 spiro atoms. The molecule has 0 aliphatic carbocycles. The van der Waals surface area contributed by atoms with E-state index in [4.69, 9.17) is 0 Å². The summed E-state index contributed by atoms with van der Waals surface area (Å²) < 4.78 is 0. The molecule has 19 heteroatoms. The van der Waals surface area contributed by atoms with E-state index >= 15 is 0 Å². The Hall–Kier alpha value is -4.46. The van der Waals surface area contributed by atoms with Crippen molar-refractivity contribution >= 4 is 47.5 Å². The minimum atomic E-state index is -1.29. The third-order valence-electron chi connectivity index (χ3n) is 7.48. The summed E-state index contributed by atoms with van der Waals surface area (Å²) >= 11 is 0. The summed E-state index contributed by atoms with van der Waals surface area (Å²) in [7, 11) is 0. The first kappa shape index (κ1) is 38.7. The van der Waals surface area contributed by atoms with Gasteiger partial charge in [0, 0.05) is 71.1 Å². The molecule has 1 saturated heterocycles. The first-order valence-corrected chi connectivity index (χ1v) is 15.1. The summed E-state index contributed by atoms with van der Waals surface area (Å²) in [5, 5.41) is 42.2. The smallest absolute Gasteiger partial charge is 0.326 e. The Morgan fingerprint density at radius 2 is 1.02 bits per heavy atom. The lowest BCUT2D eigenvalue weighted by Crippen LogP contribution is -2.50. The molecule has 0 aromatic heterocycles. The van der Waals surface area contributed by atoms with Crippen LogP contribution in [0.25, 0.3) is 0 Å². The highest BCUT2D eigenvalue weighted by Crippen LogP contribution is 2.08. The number of unbranched alkanes of at least 4 members (excludes halogenated alkanes) is 1. The van der Waals surface area contributed by atoms with Gasteiger partial charge in [-0.15, -0.1) is 0 Å². The van der Waals surface area contributed by atoms with Gasteiger partial charge >= 0.3 is 23.9 Å². The van der Waals surface area contributed by atoms with E-state index in [0.29, 0.717) is 12.8 Å². The van der Waals surface area contributed by atoms with Gasteiger partial charge in [0.25, 0.3) is 11.8 Å². The fourth-order valence-electron chi connectivity index (χ4n) is 5.00. The van der Waals surface area contributed by atoms with Crippen LogP contribution in [0, 0.1) is 0 Å². The van der Waals surface area contributed by atoms with Crippen LogP contribution in [0.5, 0.6) is 0 Å². The van der Waals surface area contributed by atoms with E-state index in [1.54, 1.807) is 19.6 Å². The monoisotopic (exact) mass is 669 g/mol. The van der Waals surface area contributed by atoms with Gasteiger partial charge in [0.15, 0.2) is 0 Å². The quantitative estimate of drug-likeness (QED) is 0.0642. The zero-order valence-corrected chi connectivity index (χ0v) is 26.0. The molecule has 1 fully saturated rings. The first-order valence-electron chi connectivity index (χ1n) is 15.1. The lowest BCUT2D eigenvalue weighted by Gasteiger charge is -2.32. The lowest BCUT2D eigenvalue weighted by atomic mass is 10.1. The van der Waals surface area contributed by atoms with Gasteiger partial charge in [-0.2, -0.15) is 0 Å². The number of carbonyl (C=O) groups excluding carboxylic acids is 4. The van der Waals surface area contributed by atoms with Crippen molar-refractivity contribution in [2.75, 3.05) is 91.6 Å². The number of imide groups is 1. The van der Waals surface area contributed by atoms with E-state index in [1.165, 1.54) is 0 Å². The molecule has 0 aromatic rings. The summed E-state index contributed by atoms with van der Waals surface area (Å²) in [6, 6.07) is -1.26. The van der Waals surface area contributed by atoms with Crippen molar-refractivity contribution in [3.63, 3.8) is 0 Å². The number of carboxylic acid groups (broad SMARTS) is 4. The Kier molecular flexibility index (Phi) is 16.4. The second-order valence-corrected chi connectivity index (χ2v) is 11.2. The van der Waals surface area contributed by atoms with Gasteiger partial charge < -0.3 is 31.1 Å². The van der Waals surface area contributed by atoms with Gasteiger partial charge in [-0.05, 0) is 19.3 Å². The molecule has 2 aliphatic heterocycles. The lowest BCUT2D eigenvalue weighted by molar-refractivity contribution is -0.142. The number of amides is 4. The zero-order valence-electron chi connectivity index (χ0n) is 26.0. The van der Waals surface area contributed by atoms with Crippen LogP contribution in [-0.2, 0) is 38.4 Å². The summed E-state index contributed by atoms with van der Waals surface area (Å²) in [4.78, 5) is 102. The highest BCUT2D eigenvalue weighted by molar-refractivity contribution is 6.12. The first-order chi connectivity index (χ1) is 22.2. The fraction of sp³-hybridized carbons (Fsp3) is 0.643. The highest BCUT2D eigenvalue weighted by atomic mass is 16.4. The number of nitrogens with one attached hydrogen (secondary N) is 2. The molecule has 262 valence electrons. The van der Waals surface area contributed by atoms with E-state index in [9.17, 15) is 58.8 Å². The maximum absolute atomic E-state index is 12.8. The van der Waals surface area contributed by atoms with Crippen LogP contribution in [0.2, 0.25) is 0 Å². The average Bonchev–Trinajstić information content (AvgIpc) is 3.30. The fourth-order valence-corrected chi connectivity index (χ4v) is 5.00. The van der Waals surface area contributed by atoms with Crippen LogP contribution in [0.15, 0.2) is 12.2 Å². The Morgan fingerprint density at radius 3 is 1.40 bits per heavy atom. The van der Waals surface area contributed by atoms with Crippen molar-refractivity contribution in [3.8, 4) is 0 Å². The minimum Gasteiger partial charge on any atom is -0.480 e. The van der Waals surface area contributed by atoms with E-state index in [0.717, 1.165) is 17.1 Å². The molecule has 2 heterocycles. The van der Waals surface area contributed by atoms with Crippen LogP contribution in [0.3, 0.4) is 0 Å². The number of carbonyl (C=O) groups is 8. The SMILES string of the molecule is O=C(O)CN1CCN(CC(=O)O)CCN(CC(=O)NCC(=O)N[C@@H](CCCCN2C(=O)C=CC2=O)C(=O)O)CCN(CC(=O)O)CC1. The molecule has 0 aromatic carbocycles. The Balaban J connectivity index is 1.92.